The van der Waals surface area contributed by atoms with E-state index >= 15 is 0 Å². The van der Waals surface area contributed by atoms with Crippen molar-refractivity contribution in [2.75, 3.05) is 34.6 Å². The summed E-state index contributed by atoms with van der Waals surface area (Å²) in [6.07, 6.45) is 2.31. The fourth-order valence-corrected chi connectivity index (χ4v) is 4.41. The molecule has 2 N–H and O–H groups in total. The fourth-order valence-electron chi connectivity index (χ4n) is 4.41. The van der Waals surface area contributed by atoms with Crippen molar-refractivity contribution in [1.82, 2.24) is 4.90 Å². The average Bonchev–Trinajstić information content (AvgIpc) is 3.22. The lowest BCUT2D eigenvalue weighted by atomic mass is 9.87. The van der Waals surface area contributed by atoms with Crippen LogP contribution in [0.3, 0.4) is 0 Å². The number of nitrogens with zero attached hydrogens (tertiary/aromatic N) is 1. The van der Waals surface area contributed by atoms with Crippen molar-refractivity contribution in [2.45, 2.75) is 37.8 Å². The number of aromatic hydroxyl groups is 1. The molecule has 0 bridgehead atoms. The highest BCUT2D eigenvalue weighted by atomic mass is 16.7. The molecule has 0 radical (unpaired) electrons. The zero-order chi connectivity index (χ0) is 21.3. The number of phenols is 1. The number of methoxy groups -OCH3 is 2. The Morgan fingerprint density at radius 3 is 2.80 bits per heavy atom. The first-order chi connectivity index (χ1) is 14.5. The summed E-state index contributed by atoms with van der Waals surface area (Å²) in [5.74, 6) is 2.67. The quantitative estimate of drug-likeness (QED) is 0.719. The van der Waals surface area contributed by atoms with Gasteiger partial charge in [-0.2, -0.15) is 0 Å². The topological polar surface area (TPSA) is 80.6 Å². The summed E-state index contributed by atoms with van der Waals surface area (Å²) in [4.78, 5) is 2.26. The minimum Gasteiger partial charge on any atom is -0.504 e. The number of aryl methyl sites for hydroxylation is 1. The van der Waals surface area contributed by atoms with Gasteiger partial charge in [0.05, 0.1) is 20.3 Å². The minimum atomic E-state index is -0.488. The highest BCUT2D eigenvalue weighted by Crippen LogP contribution is 2.50. The van der Waals surface area contributed by atoms with Crippen molar-refractivity contribution in [3.63, 3.8) is 0 Å². The summed E-state index contributed by atoms with van der Waals surface area (Å²) in [6.45, 7) is 1.11. The highest BCUT2D eigenvalue weighted by molar-refractivity contribution is 5.61. The van der Waals surface area contributed by atoms with Crippen LogP contribution in [0.15, 0.2) is 24.3 Å². The molecular formula is C23H29NO6. The van der Waals surface area contributed by atoms with Crippen LogP contribution in [-0.2, 0) is 12.8 Å². The zero-order valence-corrected chi connectivity index (χ0v) is 17.7. The second-order valence-corrected chi connectivity index (χ2v) is 7.90. The number of phenolic OH excluding ortho intramolecular Hbond substituents is 1. The molecule has 7 heteroatoms. The second-order valence-electron chi connectivity index (χ2n) is 7.90. The van der Waals surface area contributed by atoms with E-state index in [1.54, 1.807) is 13.2 Å². The molecule has 2 aliphatic rings. The SMILES string of the molecule is COc1cc(CC[C@@H](O)C[C@H]2c3c(cc4c(c3OC)OCO4)CCN2C)ccc1O. The molecule has 0 saturated heterocycles. The van der Waals surface area contributed by atoms with Crippen molar-refractivity contribution in [3.8, 4) is 28.7 Å². The molecule has 4 rings (SSSR count). The highest BCUT2D eigenvalue weighted by Gasteiger charge is 2.34. The Labute approximate surface area is 176 Å². The van der Waals surface area contributed by atoms with E-state index in [2.05, 4.69) is 18.0 Å². The number of hydrogen-bond donors (Lipinski definition) is 2. The summed E-state index contributed by atoms with van der Waals surface area (Å²) in [5, 5.41) is 20.6. The number of ether oxygens (including phenoxy) is 4. The summed E-state index contributed by atoms with van der Waals surface area (Å²) in [6, 6.07) is 7.38. The third-order valence-electron chi connectivity index (χ3n) is 6.05. The van der Waals surface area contributed by atoms with Gasteiger partial charge in [0.2, 0.25) is 12.5 Å². The van der Waals surface area contributed by atoms with Crippen LogP contribution in [0.1, 0.15) is 35.6 Å². The van der Waals surface area contributed by atoms with Crippen molar-refractivity contribution in [3.05, 3.63) is 41.0 Å². The van der Waals surface area contributed by atoms with E-state index in [0.717, 1.165) is 29.8 Å². The Kier molecular flexibility index (Phi) is 5.92. The molecule has 0 amide bonds. The van der Waals surface area contributed by atoms with Crippen LogP contribution in [0.5, 0.6) is 28.7 Å². The molecule has 2 aliphatic heterocycles. The Bertz CT molecular complexity index is 915. The van der Waals surface area contributed by atoms with Gasteiger partial charge in [0, 0.05) is 18.2 Å². The standard InChI is InChI=1S/C23H29NO6/c1-24-9-8-15-11-20-22(30-13-29-20)23(28-3)21(15)17(24)12-16(25)6-4-14-5-7-18(26)19(10-14)27-2/h5,7,10-11,16-17,25-26H,4,6,8-9,12-13H2,1-3H3/t16-,17+/m1/s1. The molecule has 0 aliphatic carbocycles. The van der Waals surface area contributed by atoms with Gasteiger partial charge < -0.3 is 29.2 Å². The summed E-state index contributed by atoms with van der Waals surface area (Å²) in [7, 11) is 5.26. The van der Waals surface area contributed by atoms with Crippen LogP contribution in [-0.4, -0.2) is 55.8 Å². The lowest BCUT2D eigenvalue weighted by Gasteiger charge is -2.37. The van der Waals surface area contributed by atoms with Gasteiger partial charge in [0.15, 0.2) is 23.0 Å². The Hall–Kier alpha value is -2.64. The normalized spacial score (nSPS) is 18.7. The predicted octanol–water partition coefficient (Wildman–Crippen LogP) is 3.05. The maximum Gasteiger partial charge on any atom is 0.231 e. The third-order valence-corrected chi connectivity index (χ3v) is 6.05. The molecule has 0 aromatic heterocycles. The van der Waals surface area contributed by atoms with E-state index in [9.17, 15) is 10.2 Å². The number of fused-ring (bicyclic) bond motifs is 2. The summed E-state index contributed by atoms with van der Waals surface area (Å²) in [5.41, 5.74) is 3.29. The lowest BCUT2D eigenvalue weighted by Crippen LogP contribution is -2.34. The zero-order valence-electron chi connectivity index (χ0n) is 17.7. The summed E-state index contributed by atoms with van der Waals surface area (Å²) < 4.78 is 22.1. The average molecular weight is 415 g/mol. The number of hydrogen-bond acceptors (Lipinski definition) is 7. The number of benzene rings is 2. The van der Waals surface area contributed by atoms with Gasteiger partial charge >= 0.3 is 0 Å². The van der Waals surface area contributed by atoms with Crippen LogP contribution in [0.25, 0.3) is 0 Å². The summed E-state index contributed by atoms with van der Waals surface area (Å²) >= 11 is 0. The largest absolute Gasteiger partial charge is 0.504 e. The van der Waals surface area contributed by atoms with E-state index in [1.165, 1.54) is 12.7 Å². The molecule has 162 valence electrons. The Morgan fingerprint density at radius 1 is 1.20 bits per heavy atom. The minimum absolute atomic E-state index is 0.0301. The van der Waals surface area contributed by atoms with E-state index in [1.807, 2.05) is 12.1 Å². The van der Waals surface area contributed by atoms with Crippen molar-refractivity contribution >= 4 is 0 Å². The van der Waals surface area contributed by atoms with Gasteiger partial charge in [-0.1, -0.05) is 6.07 Å². The van der Waals surface area contributed by atoms with Gasteiger partial charge in [0.1, 0.15) is 0 Å². The number of likely N-dealkylation sites (N-methyl/N-ethyl adjacent to an activating group) is 1. The molecule has 0 fully saturated rings. The molecule has 2 atom stereocenters. The maximum atomic E-state index is 10.8. The molecule has 2 aromatic carbocycles. The molecule has 0 saturated carbocycles. The van der Waals surface area contributed by atoms with E-state index in [4.69, 9.17) is 18.9 Å². The molecule has 7 nitrogen and oxygen atoms in total. The van der Waals surface area contributed by atoms with Crippen molar-refractivity contribution in [2.24, 2.45) is 0 Å². The Balaban J connectivity index is 1.51. The number of rotatable bonds is 7. The molecule has 30 heavy (non-hydrogen) atoms. The van der Waals surface area contributed by atoms with Gasteiger partial charge in [0.25, 0.3) is 0 Å². The number of aliphatic hydroxyl groups excluding tert-OH is 1. The van der Waals surface area contributed by atoms with E-state index in [-0.39, 0.29) is 18.6 Å². The van der Waals surface area contributed by atoms with Crippen LogP contribution in [0.4, 0.5) is 0 Å². The molecule has 2 heterocycles. The molecular weight excluding hydrogens is 386 g/mol. The first-order valence-electron chi connectivity index (χ1n) is 10.2. The molecule has 2 aromatic rings. The maximum absolute atomic E-state index is 10.8. The van der Waals surface area contributed by atoms with Gasteiger partial charge in [-0.05, 0) is 62.1 Å². The number of aliphatic hydroxyl groups is 1. The van der Waals surface area contributed by atoms with Gasteiger partial charge in [-0.3, -0.25) is 4.90 Å². The van der Waals surface area contributed by atoms with Crippen LogP contribution in [0.2, 0.25) is 0 Å². The smallest absolute Gasteiger partial charge is 0.231 e. The van der Waals surface area contributed by atoms with Crippen LogP contribution < -0.4 is 18.9 Å². The molecule has 0 unspecified atom stereocenters. The van der Waals surface area contributed by atoms with Crippen LogP contribution >= 0.6 is 0 Å². The predicted molar refractivity (Wildman–Crippen MR) is 112 cm³/mol. The third kappa shape index (κ3) is 3.87. The van der Waals surface area contributed by atoms with Gasteiger partial charge in [-0.25, -0.2) is 0 Å². The first kappa shape index (κ1) is 20.6. The van der Waals surface area contributed by atoms with Crippen LogP contribution in [0, 0.1) is 0 Å². The lowest BCUT2D eigenvalue weighted by molar-refractivity contribution is 0.101. The Morgan fingerprint density at radius 2 is 2.03 bits per heavy atom. The van der Waals surface area contributed by atoms with E-state index in [0.29, 0.717) is 36.5 Å². The first-order valence-corrected chi connectivity index (χ1v) is 10.2. The van der Waals surface area contributed by atoms with Crippen molar-refractivity contribution in [1.29, 1.82) is 0 Å². The second kappa shape index (κ2) is 8.62. The van der Waals surface area contributed by atoms with Gasteiger partial charge in [-0.15, -0.1) is 0 Å². The van der Waals surface area contributed by atoms with E-state index < -0.39 is 6.10 Å². The monoisotopic (exact) mass is 415 g/mol. The fraction of sp³-hybridized carbons (Fsp3) is 0.478. The van der Waals surface area contributed by atoms with Crippen molar-refractivity contribution < 1.29 is 29.2 Å². The molecule has 0 spiro atoms.